The molecule has 0 aliphatic heterocycles. The molecular weight excluding hydrogens is 441 g/mol. The van der Waals surface area contributed by atoms with Crippen molar-refractivity contribution in [1.29, 1.82) is 0 Å². The third-order valence-corrected chi connectivity index (χ3v) is 5.36. The zero-order valence-corrected chi connectivity index (χ0v) is 19.3. The number of halogens is 1. The Bertz CT molecular complexity index is 862. The summed E-state index contributed by atoms with van der Waals surface area (Å²) in [6.07, 6.45) is 4.49. The van der Waals surface area contributed by atoms with Crippen molar-refractivity contribution >= 4 is 11.7 Å². The Hall–Kier alpha value is -2.88. The molecule has 0 bridgehead atoms. The highest BCUT2D eigenvalue weighted by molar-refractivity contribution is 5.89. The number of aliphatic hydroxyl groups excluding tert-OH is 1. The maximum absolute atomic E-state index is 13.5. The van der Waals surface area contributed by atoms with Crippen molar-refractivity contribution in [3.05, 3.63) is 54.3 Å². The second-order valence-corrected chi connectivity index (χ2v) is 8.13. The molecule has 3 rings (SSSR count). The van der Waals surface area contributed by atoms with Gasteiger partial charge in [-0.2, -0.15) is 0 Å². The molecule has 0 heterocycles. The lowest BCUT2D eigenvalue weighted by molar-refractivity contribution is 0.0382. The van der Waals surface area contributed by atoms with Gasteiger partial charge in [0.1, 0.15) is 36.6 Å². The molecular formula is C25H34FN3O5. The quantitative estimate of drug-likeness (QED) is 0.313. The summed E-state index contributed by atoms with van der Waals surface area (Å²) in [5.74, 6) is 0.890. The van der Waals surface area contributed by atoms with E-state index in [2.05, 4.69) is 16.0 Å². The number of carbonyl (C=O) groups excluding carboxylic acids is 1. The van der Waals surface area contributed by atoms with Crippen molar-refractivity contribution in [3.63, 3.8) is 0 Å². The van der Waals surface area contributed by atoms with Gasteiger partial charge in [-0.25, -0.2) is 9.18 Å². The lowest BCUT2D eigenvalue weighted by Gasteiger charge is -2.14. The number of aliphatic hydroxyl groups is 1. The molecule has 9 heteroatoms. The molecule has 0 radical (unpaired) electrons. The molecule has 2 aromatic carbocycles. The number of benzene rings is 2. The lowest BCUT2D eigenvalue weighted by atomic mass is 10.3. The number of amides is 2. The second kappa shape index (κ2) is 14.4. The van der Waals surface area contributed by atoms with Crippen molar-refractivity contribution in [1.82, 2.24) is 10.6 Å². The molecule has 0 spiro atoms. The topological polar surface area (TPSA) is 101 Å². The summed E-state index contributed by atoms with van der Waals surface area (Å²) in [5, 5.41) is 18.2. The van der Waals surface area contributed by atoms with Crippen molar-refractivity contribution in [2.45, 2.75) is 37.9 Å². The van der Waals surface area contributed by atoms with Crippen LogP contribution >= 0.6 is 0 Å². The van der Waals surface area contributed by atoms with Crippen molar-refractivity contribution < 1.29 is 28.5 Å². The number of carbonyl (C=O) groups is 1. The number of hydrogen-bond donors (Lipinski definition) is 4. The van der Waals surface area contributed by atoms with E-state index in [1.54, 1.807) is 24.3 Å². The minimum Gasteiger partial charge on any atom is -0.491 e. The molecule has 2 amide bonds. The van der Waals surface area contributed by atoms with Crippen LogP contribution in [0.2, 0.25) is 0 Å². The van der Waals surface area contributed by atoms with Gasteiger partial charge >= 0.3 is 6.03 Å². The maximum atomic E-state index is 13.5. The third-order valence-electron chi connectivity index (χ3n) is 5.36. The maximum Gasteiger partial charge on any atom is 0.319 e. The SMILES string of the molecule is O=C(NCCNCC(O)COc1ccc(OCCOC2CCCC2)cc1)Nc1ccccc1F. The number of anilines is 1. The first-order valence-electron chi connectivity index (χ1n) is 11.8. The van der Waals surface area contributed by atoms with Crippen LogP contribution in [0.4, 0.5) is 14.9 Å². The van der Waals surface area contributed by atoms with Crippen LogP contribution in [0.3, 0.4) is 0 Å². The first kappa shape index (κ1) is 25.7. The van der Waals surface area contributed by atoms with Crippen LogP contribution in [-0.4, -0.2) is 62.8 Å². The van der Waals surface area contributed by atoms with Crippen LogP contribution in [0.25, 0.3) is 0 Å². The zero-order chi connectivity index (χ0) is 24.0. The molecule has 1 unspecified atom stereocenters. The van der Waals surface area contributed by atoms with Gasteiger partial charge in [0, 0.05) is 19.6 Å². The fraction of sp³-hybridized carbons (Fsp3) is 0.480. The summed E-state index contributed by atoms with van der Waals surface area (Å²) < 4.78 is 30.6. The van der Waals surface area contributed by atoms with E-state index < -0.39 is 18.0 Å². The Labute approximate surface area is 199 Å². The highest BCUT2D eigenvalue weighted by Crippen LogP contribution is 2.21. The van der Waals surface area contributed by atoms with Gasteiger partial charge in [-0.05, 0) is 49.2 Å². The minimum atomic E-state index is -0.712. The first-order valence-corrected chi connectivity index (χ1v) is 11.8. The Morgan fingerprint density at radius 1 is 1.00 bits per heavy atom. The Morgan fingerprint density at radius 3 is 2.44 bits per heavy atom. The molecule has 1 atom stereocenters. The van der Waals surface area contributed by atoms with E-state index in [4.69, 9.17) is 14.2 Å². The zero-order valence-electron chi connectivity index (χ0n) is 19.3. The van der Waals surface area contributed by atoms with E-state index in [0.717, 1.165) is 18.6 Å². The van der Waals surface area contributed by atoms with Gasteiger partial charge in [0.25, 0.3) is 0 Å². The summed E-state index contributed by atoms with van der Waals surface area (Å²) in [6, 6.07) is 12.7. The number of hydrogen-bond acceptors (Lipinski definition) is 6. The standard InChI is InChI=1S/C25H34FN3O5/c26-23-7-3-4-8-24(23)29-25(31)28-14-13-27-17-19(30)18-34-22-11-9-21(10-12-22)33-16-15-32-20-5-1-2-6-20/h3-4,7-12,19-20,27,30H,1-2,5-6,13-18H2,(H2,28,29,31). The normalized spacial score (nSPS) is 14.5. The summed E-state index contributed by atoms with van der Waals surface area (Å²) in [4.78, 5) is 11.8. The van der Waals surface area contributed by atoms with Gasteiger partial charge in [0.15, 0.2) is 0 Å². The lowest BCUT2D eigenvalue weighted by Crippen LogP contribution is -2.38. The third kappa shape index (κ3) is 9.54. The van der Waals surface area contributed by atoms with Crippen molar-refractivity contribution in [2.75, 3.05) is 44.8 Å². The molecule has 8 nitrogen and oxygen atoms in total. The molecule has 1 aliphatic carbocycles. The average Bonchev–Trinajstić information content (AvgIpc) is 3.36. The Kier molecular flexibility index (Phi) is 10.9. The number of rotatable bonds is 14. The van der Waals surface area contributed by atoms with E-state index in [0.29, 0.717) is 44.7 Å². The van der Waals surface area contributed by atoms with Gasteiger partial charge in [0.05, 0.1) is 18.4 Å². The van der Waals surface area contributed by atoms with E-state index in [1.165, 1.54) is 25.0 Å². The molecule has 186 valence electrons. The van der Waals surface area contributed by atoms with Crippen molar-refractivity contribution in [3.8, 4) is 11.5 Å². The summed E-state index contributed by atoms with van der Waals surface area (Å²) in [7, 11) is 0. The van der Waals surface area contributed by atoms with Crippen LogP contribution in [-0.2, 0) is 4.74 Å². The monoisotopic (exact) mass is 475 g/mol. The fourth-order valence-corrected chi connectivity index (χ4v) is 3.57. The summed E-state index contributed by atoms with van der Waals surface area (Å²) in [5.41, 5.74) is 0.119. The van der Waals surface area contributed by atoms with Crippen molar-refractivity contribution in [2.24, 2.45) is 0 Å². The molecule has 0 saturated heterocycles. The molecule has 1 fully saturated rings. The van der Waals surface area contributed by atoms with Gasteiger partial charge in [-0.1, -0.05) is 25.0 Å². The number of nitrogens with one attached hydrogen (secondary N) is 3. The second-order valence-electron chi connectivity index (χ2n) is 8.13. The Morgan fingerprint density at radius 2 is 1.71 bits per heavy atom. The number of ether oxygens (including phenoxy) is 3. The predicted molar refractivity (Wildman–Crippen MR) is 128 cm³/mol. The average molecular weight is 476 g/mol. The van der Waals surface area contributed by atoms with Gasteiger partial charge in [-0.15, -0.1) is 0 Å². The largest absolute Gasteiger partial charge is 0.491 e. The highest BCUT2D eigenvalue weighted by atomic mass is 19.1. The number of para-hydroxylation sites is 1. The molecule has 4 N–H and O–H groups in total. The van der Waals surface area contributed by atoms with Crippen LogP contribution in [0.1, 0.15) is 25.7 Å². The van der Waals surface area contributed by atoms with Gasteiger partial charge in [0.2, 0.25) is 0 Å². The predicted octanol–water partition coefficient (Wildman–Crippen LogP) is 3.31. The molecule has 2 aromatic rings. The Balaban J connectivity index is 1.20. The van der Waals surface area contributed by atoms with Crippen LogP contribution in [0.15, 0.2) is 48.5 Å². The molecule has 34 heavy (non-hydrogen) atoms. The molecule has 0 aromatic heterocycles. The van der Waals surface area contributed by atoms with Gasteiger partial charge < -0.3 is 35.3 Å². The fourth-order valence-electron chi connectivity index (χ4n) is 3.57. The van der Waals surface area contributed by atoms with E-state index in [1.807, 2.05) is 12.1 Å². The number of urea groups is 1. The first-order chi connectivity index (χ1) is 16.6. The summed E-state index contributed by atoms with van der Waals surface area (Å²) >= 11 is 0. The van der Waals surface area contributed by atoms with Crippen LogP contribution in [0, 0.1) is 5.82 Å². The highest BCUT2D eigenvalue weighted by Gasteiger charge is 2.14. The van der Waals surface area contributed by atoms with E-state index >= 15 is 0 Å². The molecule has 1 aliphatic rings. The van der Waals surface area contributed by atoms with Crippen LogP contribution < -0.4 is 25.4 Å². The van der Waals surface area contributed by atoms with Crippen LogP contribution in [0.5, 0.6) is 11.5 Å². The minimum absolute atomic E-state index is 0.119. The smallest absolute Gasteiger partial charge is 0.319 e. The van der Waals surface area contributed by atoms with E-state index in [9.17, 15) is 14.3 Å². The van der Waals surface area contributed by atoms with E-state index in [-0.39, 0.29) is 12.3 Å². The molecule has 1 saturated carbocycles. The summed E-state index contributed by atoms with van der Waals surface area (Å²) in [6.45, 7) is 2.30. The van der Waals surface area contributed by atoms with Gasteiger partial charge in [-0.3, -0.25) is 0 Å².